The van der Waals surface area contributed by atoms with E-state index in [1.807, 2.05) is 12.1 Å². The fourth-order valence-electron chi connectivity index (χ4n) is 1.79. The minimum atomic E-state index is -1.01. The molecule has 0 aliphatic rings. The Hall–Kier alpha value is -2.78. The van der Waals surface area contributed by atoms with Crippen LogP contribution in [0.1, 0.15) is 15.4 Å². The van der Waals surface area contributed by atoms with Crippen molar-refractivity contribution in [2.75, 3.05) is 0 Å². The van der Waals surface area contributed by atoms with Crippen molar-refractivity contribution in [3.63, 3.8) is 0 Å². The number of nitrogens with zero attached hydrogens (tertiary/aromatic N) is 1. The first-order valence-corrected chi connectivity index (χ1v) is 6.43. The summed E-state index contributed by atoms with van der Waals surface area (Å²) in [4.78, 5) is 11.0. The molecule has 1 aromatic carbocycles. The van der Waals surface area contributed by atoms with E-state index in [2.05, 4.69) is 0 Å². The number of benzene rings is 1. The van der Waals surface area contributed by atoms with Crippen LogP contribution in [0.15, 0.2) is 40.8 Å². The van der Waals surface area contributed by atoms with Crippen molar-refractivity contribution >= 4 is 28.3 Å². The van der Waals surface area contributed by atoms with Crippen molar-refractivity contribution < 1.29 is 19.1 Å². The van der Waals surface area contributed by atoms with Gasteiger partial charge in [0.1, 0.15) is 16.5 Å². The maximum Gasteiger partial charge on any atom is 0.345 e. The van der Waals surface area contributed by atoms with Gasteiger partial charge in [0.2, 0.25) is 5.76 Å². The molecule has 2 aromatic heterocycles. The topological polar surface area (TPSA) is 83.5 Å². The molecule has 0 aliphatic carbocycles. The van der Waals surface area contributed by atoms with Crippen molar-refractivity contribution in [2.24, 2.45) is 0 Å². The summed E-state index contributed by atoms with van der Waals surface area (Å²) in [6, 6.07) is 12.1. The van der Waals surface area contributed by atoms with Crippen molar-refractivity contribution in [3.05, 3.63) is 47.0 Å². The predicted octanol–water partition coefficient (Wildman–Crippen LogP) is 3.86. The lowest BCUT2D eigenvalue weighted by Gasteiger charge is -1.99. The van der Waals surface area contributed by atoms with Gasteiger partial charge in [0.05, 0.1) is 5.39 Å². The average Bonchev–Trinajstić information content (AvgIpc) is 3.04. The number of carboxylic acids is 1. The third kappa shape index (κ3) is 2.00. The summed E-state index contributed by atoms with van der Waals surface area (Å²) in [7, 11) is 0. The highest BCUT2D eigenvalue weighted by atomic mass is 32.1. The molecule has 2 heterocycles. The molecule has 1 N–H and O–H groups in total. The first-order chi connectivity index (χ1) is 9.69. The monoisotopic (exact) mass is 285 g/mol. The summed E-state index contributed by atoms with van der Waals surface area (Å²) in [6.45, 7) is 0. The van der Waals surface area contributed by atoms with E-state index in [9.17, 15) is 4.79 Å². The van der Waals surface area contributed by atoms with Crippen LogP contribution < -0.4 is 4.74 Å². The molecule has 20 heavy (non-hydrogen) atoms. The number of ether oxygens (including phenoxy) is 1. The van der Waals surface area contributed by atoms with Crippen molar-refractivity contribution in [1.29, 1.82) is 5.26 Å². The minimum Gasteiger partial charge on any atom is -0.477 e. The Kier molecular flexibility index (Phi) is 2.89. The molecular weight excluding hydrogens is 278 g/mol. The predicted molar refractivity (Wildman–Crippen MR) is 72.3 cm³/mol. The van der Waals surface area contributed by atoms with E-state index in [4.69, 9.17) is 19.5 Å². The summed E-state index contributed by atoms with van der Waals surface area (Å²) < 4.78 is 11.0. The maximum absolute atomic E-state index is 10.8. The Labute approximate surface area is 117 Å². The Balaban J connectivity index is 2.05. The quantitative estimate of drug-likeness (QED) is 0.790. The van der Waals surface area contributed by atoms with E-state index in [1.165, 1.54) is 6.07 Å². The molecular formula is C14H7NO4S. The maximum atomic E-state index is 10.8. The summed E-state index contributed by atoms with van der Waals surface area (Å²) in [6.07, 6.45) is 0. The normalized spacial score (nSPS) is 10.3. The summed E-state index contributed by atoms with van der Waals surface area (Å²) >= 11 is 0.994. The molecule has 0 atom stereocenters. The molecule has 0 amide bonds. The van der Waals surface area contributed by atoms with E-state index < -0.39 is 5.97 Å². The molecule has 3 aromatic rings. The van der Waals surface area contributed by atoms with Gasteiger partial charge in [-0.1, -0.05) is 23.5 Å². The second-order valence-electron chi connectivity index (χ2n) is 3.89. The lowest BCUT2D eigenvalue weighted by Crippen LogP contribution is -1.89. The zero-order chi connectivity index (χ0) is 14.1. The Morgan fingerprint density at radius 2 is 2.10 bits per heavy atom. The van der Waals surface area contributed by atoms with E-state index in [0.29, 0.717) is 21.8 Å². The molecule has 6 heteroatoms. The van der Waals surface area contributed by atoms with E-state index in [0.717, 1.165) is 11.3 Å². The lowest BCUT2D eigenvalue weighted by molar-refractivity contribution is 0.0702. The lowest BCUT2D eigenvalue weighted by atomic mass is 10.2. The molecule has 5 nitrogen and oxygen atoms in total. The fourth-order valence-corrected chi connectivity index (χ4v) is 2.49. The third-order valence-corrected chi connectivity index (χ3v) is 3.60. The van der Waals surface area contributed by atoms with Crippen LogP contribution in [0.3, 0.4) is 0 Å². The molecule has 0 bridgehead atoms. The first kappa shape index (κ1) is 12.3. The number of furan rings is 1. The molecule has 0 aliphatic heterocycles. The van der Waals surface area contributed by atoms with Crippen molar-refractivity contribution in [3.8, 4) is 16.9 Å². The van der Waals surface area contributed by atoms with E-state index >= 15 is 0 Å². The standard InChI is InChI=1S/C14H7NO4S/c15-7-10-13(8-3-1-2-4-9(8)18-10)19-12-6-5-11(20-12)14(16)17/h1-6H,(H,16,17). The number of thiophene rings is 1. The number of para-hydroxylation sites is 1. The Morgan fingerprint density at radius 1 is 1.30 bits per heavy atom. The number of hydrogen-bond acceptors (Lipinski definition) is 5. The molecule has 0 saturated heterocycles. The van der Waals surface area contributed by atoms with E-state index in [-0.39, 0.29) is 10.6 Å². The highest BCUT2D eigenvalue weighted by molar-refractivity contribution is 7.15. The number of fused-ring (bicyclic) bond motifs is 1. The third-order valence-electron chi connectivity index (χ3n) is 2.65. The van der Waals surface area contributed by atoms with Gasteiger partial charge in [0, 0.05) is 0 Å². The summed E-state index contributed by atoms with van der Waals surface area (Å²) in [5, 5.41) is 19.0. The smallest absolute Gasteiger partial charge is 0.345 e. The van der Waals surface area contributed by atoms with Gasteiger partial charge in [-0.25, -0.2) is 4.79 Å². The zero-order valence-electron chi connectivity index (χ0n) is 9.99. The molecule has 0 saturated carbocycles. The van der Waals surface area contributed by atoms with Gasteiger partial charge in [-0.3, -0.25) is 0 Å². The van der Waals surface area contributed by atoms with Gasteiger partial charge in [0.15, 0.2) is 10.8 Å². The van der Waals surface area contributed by atoms with Gasteiger partial charge in [0.25, 0.3) is 0 Å². The minimum absolute atomic E-state index is 0.0662. The summed E-state index contributed by atoms with van der Waals surface area (Å²) in [5.41, 5.74) is 0.550. The average molecular weight is 285 g/mol. The first-order valence-electron chi connectivity index (χ1n) is 5.61. The van der Waals surface area contributed by atoms with Crippen LogP contribution in [-0.2, 0) is 0 Å². The van der Waals surface area contributed by atoms with Crippen LogP contribution in [0.4, 0.5) is 0 Å². The number of hydrogen-bond donors (Lipinski definition) is 1. The second-order valence-corrected chi connectivity index (χ2v) is 4.94. The Bertz CT molecular complexity index is 840. The molecule has 0 spiro atoms. The van der Waals surface area contributed by atoms with Gasteiger partial charge < -0.3 is 14.3 Å². The number of nitriles is 1. The van der Waals surface area contributed by atoms with Crippen LogP contribution in [0.2, 0.25) is 0 Å². The zero-order valence-corrected chi connectivity index (χ0v) is 10.8. The number of rotatable bonds is 3. The van der Waals surface area contributed by atoms with Crippen LogP contribution in [0.25, 0.3) is 11.0 Å². The van der Waals surface area contributed by atoms with Crippen LogP contribution in [0.5, 0.6) is 10.8 Å². The van der Waals surface area contributed by atoms with Crippen LogP contribution in [-0.4, -0.2) is 11.1 Å². The molecule has 0 fully saturated rings. The second kappa shape index (κ2) is 4.72. The number of carbonyl (C=O) groups is 1. The largest absolute Gasteiger partial charge is 0.477 e. The van der Waals surface area contributed by atoms with Crippen LogP contribution >= 0.6 is 11.3 Å². The van der Waals surface area contributed by atoms with Gasteiger partial charge in [-0.2, -0.15) is 5.26 Å². The summed E-state index contributed by atoms with van der Waals surface area (Å²) in [5.74, 6) is -0.638. The highest BCUT2D eigenvalue weighted by Gasteiger charge is 2.17. The van der Waals surface area contributed by atoms with Crippen molar-refractivity contribution in [1.82, 2.24) is 0 Å². The molecule has 0 unspecified atom stereocenters. The Morgan fingerprint density at radius 3 is 2.80 bits per heavy atom. The van der Waals surface area contributed by atoms with Gasteiger partial charge in [-0.05, 0) is 24.3 Å². The molecule has 0 radical (unpaired) electrons. The number of aromatic carboxylic acids is 1. The van der Waals surface area contributed by atoms with E-state index in [1.54, 1.807) is 24.3 Å². The SMILES string of the molecule is N#Cc1oc2ccccc2c1Oc1ccc(C(=O)O)s1. The molecule has 3 rings (SSSR count). The fraction of sp³-hybridized carbons (Fsp3) is 0. The molecule has 98 valence electrons. The van der Waals surface area contributed by atoms with Gasteiger partial charge in [-0.15, -0.1) is 0 Å². The highest BCUT2D eigenvalue weighted by Crippen LogP contribution is 2.38. The number of carboxylic acid groups (broad SMARTS) is 1. The van der Waals surface area contributed by atoms with Crippen LogP contribution in [0, 0.1) is 11.3 Å². The van der Waals surface area contributed by atoms with Crippen molar-refractivity contribution in [2.45, 2.75) is 0 Å². The van der Waals surface area contributed by atoms with Gasteiger partial charge >= 0.3 is 5.97 Å².